The first-order valence-electron chi connectivity index (χ1n) is 6.30. The third-order valence-corrected chi connectivity index (χ3v) is 5.19. The molecule has 1 fully saturated rings. The minimum Gasteiger partial charge on any atom is -0.380 e. The molecule has 106 valence electrons. The number of halogens is 2. The molecule has 19 heavy (non-hydrogen) atoms. The van der Waals surface area contributed by atoms with Crippen molar-refractivity contribution in [1.82, 2.24) is 5.32 Å². The Balaban J connectivity index is 2.18. The first-order valence-corrected chi connectivity index (χ1v) is 7.89. The lowest BCUT2D eigenvalue weighted by molar-refractivity contribution is 0.0824. The van der Waals surface area contributed by atoms with E-state index in [4.69, 9.17) is 16.3 Å². The lowest BCUT2D eigenvalue weighted by atomic mass is 10.1. The van der Waals surface area contributed by atoms with E-state index in [1.54, 1.807) is 0 Å². The van der Waals surface area contributed by atoms with Crippen LogP contribution in [0.15, 0.2) is 23.1 Å². The Morgan fingerprint density at radius 1 is 1.58 bits per heavy atom. The maximum absolute atomic E-state index is 13.1. The Hall–Kier alpha value is -0.490. The molecule has 0 amide bonds. The number of benzene rings is 1. The van der Waals surface area contributed by atoms with Crippen LogP contribution in [0.2, 0.25) is 5.02 Å². The van der Waals surface area contributed by atoms with Crippen molar-refractivity contribution in [1.29, 1.82) is 0 Å². The number of hydrogen-bond acceptors (Lipinski definition) is 3. The lowest BCUT2D eigenvalue weighted by Crippen LogP contribution is -2.48. The van der Waals surface area contributed by atoms with Crippen molar-refractivity contribution in [2.24, 2.45) is 0 Å². The van der Waals surface area contributed by atoms with Crippen molar-refractivity contribution in [3.8, 4) is 0 Å². The van der Waals surface area contributed by atoms with Crippen molar-refractivity contribution in [2.45, 2.75) is 29.5 Å². The van der Waals surface area contributed by atoms with Gasteiger partial charge < -0.3 is 10.1 Å². The summed E-state index contributed by atoms with van der Waals surface area (Å²) < 4.78 is 31.1. The van der Waals surface area contributed by atoms with E-state index >= 15 is 0 Å². The number of nitrogens with one attached hydrogen (secondary N) is 1. The topological polar surface area (TPSA) is 38.3 Å². The van der Waals surface area contributed by atoms with Crippen LogP contribution in [-0.2, 0) is 15.5 Å². The van der Waals surface area contributed by atoms with Crippen LogP contribution < -0.4 is 5.32 Å². The molecule has 3 unspecified atom stereocenters. The van der Waals surface area contributed by atoms with Gasteiger partial charge in [0.15, 0.2) is 0 Å². The second-order valence-corrected chi connectivity index (χ2v) is 6.52. The molecule has 1 aliphatic heterocycles. The summed E-state index contributed by atoms with van der Waals surface area (Å²) in [4.78, 5) is 0.546. The van der Waals surface area contributed by atoms with E-state index in [0.29, 0.717) is 18.1 Å². The molecule has 0 aliphatic carbocycles. The molecule has 6 heteroatoms. The van der Waals surface area contributed by atoms with Gasteiger partial charge in [0.05, 0.1) is 27.7 Å². The van der Waals surface area contributed by atoms with Crippen molar-refractivity contribution in [2.75, 3.05) is 19.8 Å². The molecule has 3 nitrogen and oxygen atoms in total. The van der Waals surface area contributed by atoms with E-state index in [0.717, 1.165) is 13.0 Å². The number of hydrogen-bond donors (Lipinski definition) is 1. The Kier molecular flexibility index (Phi) is 5.33. The fourth-order valence-corrected chi connectivity index (χ4v) is 3.98. The summed E-state index contributed by atoms with van der Waals surface area (Å²) in [5.74, 6) is -0.495. The fourth-order valence-electron chi connectivity index (χ4n) is 2.20. The van der Waals surface area contributed by atoms with Crippen molar-refractivity contribution in [3.05, 3.63) is 29.0 Å². The SMILES string of the molecule is CCNC1CCOCC1S(=O)c1ccc(F)c(Cl)c1. The zero-order valence-corrected chi connectivity index (χ0v) is 12.3. The molecule has 0 bridgehead atoms. The van der Waals surface area contributed by atoms with Gasteiger partial charge in [0.1, 0.15) is 5.82 Å². The quantitative estimate of drug-likeness (QED) is 0.928. The Bertz CT molecular complexity index is 470. The van der Waals surface area contributed by atoms with Crippen LogP contribution in [0.3, 0.4) is 0 Å². The van der Waals surface area contributed by atoms with Gasteiger partial charge >= 0.3 is 0 Å². The van der Waals surface area contributed by atoms with E-state index in [2.05, 4.69) is 5.32 Å². The van der Waals surface area contributed by atoms with Crippen LogP contribution >= 0.6 is 11.6 Å². The monoisotopic (exact) mass is 305 g/mol. The van der Waals surface area contributed by atoms with Crippen LogP contribution in [0.5, 0.6) is 0 Å². The minimum atomic E-state index is -1.26. The Labute approximate surface area is 119 Å². The van der Waals surface area contributed by atoms with Crippen molar-refractivity contribution >= 4 is 22.4 Å². The summed E-state index contributed by atoms with van der Waals surface area (Å²) in [6, 6.07) is 4.37. The van der Waals surface area contributed by atoms with Crippen LogP contribution in [-0.4, -0.2) is 35.3 Å². The Morgan fingerprint density at radius 3 is 3.05 bits per heavy atom. The molecule has 3 atom stereocenters. The van der Waals surface area contributed by atoms with Gasteiger partial charge in [0.25, 0.3) is 0 Å². The average Bonchev–Trinajstić information content (AvgIpc) is 2.42. The lowest BCUT2D eigenvalue weighted by Gasteiger charge is -2.31. The molecular weight excluding hydrogens is 289 g/mol. The van der Waals surface area contributed by atoms with Gasteiger partial charge in [-0.3, -0.25) is 4.21 Å². The fraction of sp³-hybridized carbons (Fsp3) is 0.538. The zero-order chi connectivity index (χ0) is 13.8. The second kappa shape index (κ2) is 6.79. The van der Waals surface area contributed by atoms with Gasteiger partial charge in [-0.1, -0.05) is 18.5 Å². The standard InChI is InChI=1S/C13H17ClFNO2S/c1-2-16-12-5-6-18-8-13(12)19(17)9-3-4-11(15)10(14)7-9/h3-4,7,12-13,16H,2,5-6,8H2,1H3. The molecule has 0 spiro atoms. The number of rotatable bonds is 4. The molecule has 1 saturated heterocycles. The molecule has 1 aromatic rings. The Morgan fingerprint density at radius 2 is 2.37 bits per heavy atom. The van der Waals surface area contributed by atoms with Gasteiger partial charge in [-0.25, -0.2) is 4.39 Å². The van der Waals surface area contributed by atoms with Crippen LogP contribution in [0, 0.1) is 5.82 Å². The summed E-state index contributed by atoms with van der Waals surface area (Å²) in [5, 5.41) is 3.20. The van der Waals surface area contributed by atoms with Gasteiger partial charge in [0.2, 0.25) is 0 Å². The van der Waals surface area contributed by atoms with Crippen molar-refractivity contribution < 1.29 is 13.3 Å². The molecule has 0 aromatic heterocycles. The normalized spacial score (nSPS) is 25.2. The highest BCUT2D eigenvalue weighted by Crippen LogP contribution is 2.23. The van der Waals surface area contributed by atoms with E-state index in [1.165, 1.54) is 18.2 Å². The molecule has 2 rings (SSSR count). The van der Waals surface area contributed by atoms with E-state index in [1.807, 2.05) is 6.92 Å². The summed E-state index contributed by atoms with van der Waals surface area (Å²) in [5.41, 5.74) is 0. The van der Waals surface area contributed by atoms with E-state index < -0.39 is 16.6 Å². The molecule has 0 saturated carbocycles. The van der Waals surface area contributed by atoms with E-state index in [9.17, 15) is 8.60 Å². The molecule has 1 N–H and O–H groups in total. The van der Waals surface area contributed by atoms with Gasteiger partial charge in [0, 0.05) is 17.5 Å². The van der Waals surface area contributed by atoms with Gasteiger partial charge in [-0.2, -0.15) is 0 Å². The maximum atomic E-state index is 13.1. The van der Waals surface area contributed by atoms with Crippen molar-refractivity contribution in [3.63, 3.8) is 0 Å². The largest absolute Gasteiger partial charge is 0.380 e. The molecule has 1 aromatic carbocycles. The molecule has 1 heterocycles. The maximum Gasteiger partial charge on any atom is 0.141 e. The third-order valence-electron chi connectivity index (χ3n) is 3.17. The summed E-state index contributed by atoms with van der Waals surface area (Å²) in [6.45, 7) is 3.96. The third kappa shape index (κ3) is 3.54. The van der Waals surface area contributed by atoms with Gasteiger partial charge in [-0.15, -0.1) is 0 Å². The zero-order valence-electron chi connectivity index (χ0n) is 10.7. The highest BCUT2D eigenvalue weighted by molar-refractivity contribution is 7.85. The number of ether oxygens (including phenoxy) is 1. The van der Waals surface area contributed by atoms with Crippen LogP contribution in [0.25, 0.3) is 0 Å². The highest BCUT2D eigenvalue weighted by atomic mass is 35.5. The average molecular weight is 306 g/mol. The first-order chi connectivity index (χ1) is 9.13. The summed E-state index contributed by atoms with van der Waals surface area (Å²) >= 11 is 5.74. The molecular formula is C13H17ClFNO2S. The minimum absolute atomic E-state index is 0.00239. The van der Waals surface area contributed by atoms with Crippen LogP contribution in [0.1, 0.15) is 13.3 Å². The highest BCUT2D eigenvalue weighted by Gasteiger charge is 2.31. The van der Waals surface area contributed by atoms with Gasteiger partial charge in [-0.05, 0) is 31.2 Å². The molecule has 0 radical (unpaired) electrons. The van der Waals surface area contributed by atoms with E-state index in [-0.39, 0.29) is 16.3 Å². The first kappa shape index (κ1) is 14.9. The second-order valence-electron chi connectivity index (χ2n) is 4.44. The summed E-state index contributed by atoms with van der Waals surface area (Å²) in [7, 11) is -1.26. The smallest absolute Gasteiger partial charge is 0.141 e. The molecule has 1 aliphatic rings. The predicted octanol–water partition coefficient (Wildman–Crippen LogP) is 2.35. The van der Waals surface area contributed by atoms with Crippen LogP contribution in [0.4, 0.5) is 4.39 Å². The summed E-state index contributed by atoms with van der Waals surface area (Å²) in [6.07, 6.45) is 0.833. The predicted molar refractivity (Wildman–Crippen MR) is 74.5 cm³/mol.